The van der Waals surface area contributed by atoms with Crippen molar-refractivity contribution in [2.24, 2.45) is 0 Å². The molecule has 3 rings (SSSR count). The van der Waals surface area contributed by atoms with Crippen molar-refractivity contribution in [3.8, 4) is 5.75 Å². The molecule has 0 unspecified atom stereocenters. The van der Waals surface area contributed by atoms with Crippen LogP contribution in [0.25, 0.3) is 0 Å². The second kappa shape index (κ2) is 9.45. The summed E-state index contributed by atoms with van der Waals surface area (Å²) in [5, 5.41) is 5.84. The molecule has 0 bridgehead atoms. The van der Waals surface area contributed by atoms with Gasteiger partial charge in [0.25, 0.3) is 5.91 Å². The van der Waals surface area contributed by atoms with E-state index in [0.29, 0.717) is 31.0 Å². The molecule has 7 heteroatoms. The van der Waals surface area contributed by atoms with Crippen LogP contribution < -0.4 is 15.4 Å². The minimum absolute atomic E-state index is 0.239. The molecule has 0 saturated carbocycles. The second-order valence-electron chi connectivity index (χ2n) is 6.06. The Balaban J connectivity index is 1.53. The summed E-state index contributed by atoms with van der Waals surface area (Å²) in [5.41, 5.74) is 1.83. The van der Waals surface area contributed by atoms with Gasteiger partial charge in [0.05, 0.1) is 7.11 Å². The predicted molar refractivity (Wildman–Crippen MR) is 105 cm³/mol. The van der Waals surface area contributed by atoms with Crippen LogP contribution in [0.3, 0.4) is 0 Å². The summed E-state index contributed by atoms with van der Waals surface area (Å²) in [4.78, 5) is 20.7. The maximum absolute atomic E-state index is 13.6. The average Bonchev–Trinajstić information content (AvgIpc) is 2.74. The molecule has 0 radical (unpaired) electrons. The van der Waals surface area contributed by atoms with Crippen molar-refractivity contribution in [3.63, 3.8) is 0 Å². The molecule has 1 aromatic heterocycles. The Labute approximate surface area is 162 Å². The zero-order valence-electron chi connectivity index (χ0n) is 15.5. The summed E-state index contributed by atoms with van der Waals surface area (Å²) in [6, 6.07) is 15.6. The van der Waals surface area contributed by atoms with E-state index in [1.54, 1.807) is 31.4 Å². The van der Waals surface area contributed by atoms with Crippen molar-refractivity contribution in [2.45, 2.75) is 13.0 Å². The quantitative estimate of drug-likeness (QED) is 0.628. The number of amides is 1. The summed E-state index contributed by atoms with van der Waals surface area (Å²) in [5.74, 6) is 0.553. The second-order valence-corrected chi connectivity index (χ2v) is 6.06. The Bertz CT molecular complexity index is 932. The van der Waals surface area contributed by atoms with Gasteiger partial charge in [-0.25, -0.2) is 14.4 Å². The molecular formula is C21H21FN4O2. The normalized spacial score (nSPS) is 10.4. The molecule has 0 aliphatic carbocycles. The number of hydrogen-bond acceptors (Lipinski definition) is 5. The van der Waals surface area contributed by atoms with Crippen LogP contribution in [0.2, 0.25) is 0 Å². The lowest BCUT2D eigenvalue weighted by atomic mass is 10.1. The zero-order valence-corrected chi connectivity index (χ0v) is 15.5. The number of carbonyl (C=O) groups excluding carboxylic acids is 1. The molecule has 144 valence electrons. The maximum atomic E-state index is 13.6. The molecule has 0 fully saturated rings. The molecule has 0 saturated heterocycles. The van der Waals surface area contributed by atoms with Crippen molar-refractivity contribution >= 4 is 11.9 Å². The topological polar surface area (TPSA) is 76.1 Å². The number of carbonyl (C=O) groups is 1. The SMILES string of the molecule is COc1ccc(CNC(=O)c2ccnc(NCCc3ccccc3F)n2)cc1. The molecule has 0 atom stereocenters. The van der Waals surface area contributed by atoms with Crippen molar-refractivity contribution < 1.29 is 13.9 Å². The van der Waals surface area contributed by atoms with Gasteiger partial charge in [0, 0.05) is 19.3 Å². The number of methoxy groups -OCH3 is 1. The van der Waals surface area contributed by atoms with Crippen molar-refractivity contribution in [1.82, 2.24) is 15.3 Å². The molecule has 0 aliphatic rings. The summed E-state index contributed by atoms with van der Waals surface area (Å²) in [6.45, 7) is 0.834. The molecule has 1 heterocycles. The number of rotatable bonds is 8. The molecule has 0 aliphatic heterocycles. The van der Waals surface area contributed by atoms with E-state index in [1.165, 1.54) is 12.3 Å². The van der Waals surface area contributed by atoms with Crippen LogP contribution in [-0.2, 0) is 13.0 Å². The van der Waals surface area contributed by atoms with E-state index >= 15 is 0 Å². The summed E-state index contributed by atoms with van der Waals surface area (Å²) < 4.78 is 18.7. The summed E-state index contributed by atoms with van der Waals surface area (Å²) in [7, 11) is 1.61. The number of ether oxygens (including phenoxy) is 1. The first kappa shape index (κ1) is 19.3. The van der Waals surface area contributed by atoms with Gasteiger partial charge in [-0.3, -0.25) is 4.79 Å². The molecule has 2 aromatic carbocycles. The first-order valence-electron chi connectivity index (χ1n) is 8.87. The largest absolute Gasteiger partial charge is 0.497 e. The van der Waals surface area contributed by atoms with Crippen LogP contribution in [0.5, 0.6) is 5.75 Å². The van der Waals surface area contributed by atoms with Gasteiger partial charge < -0.3 is 15.4 Å². The van der Waals surface area contributed by atoms with Gasteiger partial charge in [0.1, 0.15) is 17.3 Å². The number of nitrogens with one attached hydrogen (secondary N) is 2. The number of halogens is 1. The number of anilines is 1. The fourth-order valence-electron chi connectivity index (χ4n) is 2.60. The van der Waals surface area contributed by atoms with Crippen LogP contribution in [0, 0.1) is 5.82 Å². The van der Waals surface area contributed by atoms with E-state index in [1.807, 2.05) is 24.3 Å². The maximum Gasteiger partial charge on any atom is 0.270 e. The van der Waals surface area contributed by atoms with Crippen LogP contribution in [-0.4, -0.2) is 29.5 Å². The van der Waals surface area contributed by atoms with Gasteiger partial charge >= 0.3 is 0 Å². The Morgan fingerprint density at radius 1 is 1.11 bits per heavy atom. The highest BCUT2D eigenvalue weighted by Gasteiger charge is 2.09. The van der Waals surface area contributed by atoms with Crippen molar-refractivity contribution in [1.29, 1.82) is 0 Å². The third-order valence-corrected chi connectivity index (χ3v) is 4.14. The number of benzene rings is 2. The molecule has 3 aromatic rings. The Morgan fingerprint density at radius 3 is 2.64 bits per heavy atom. The minimum Gasteiger partial charge on any atom is -0.497 e. The molecular weight excluding hydrogens is 359 g/mol. The molecule has 6 nitrogen and oxygen atoms in total. The van der Waals surface area contributed by atoms with Gasteiger partial charge in [0.2, 0.25) is 5.95 Å². The highest BCUT2D eigenvalue weighted by Crippen LogP contribution is 2.11. The first-order valence-corrected chi connectivity index (χ1v) is 8.87. The van der Waals surface area contributed by atoms with Gasteiger partial charge in [-0.15, -0.1) is 0 Å². The van der Waals surface area contributed by atoms with E-state index < -0.39 is 0 Å². The Hall–Kier alpha value is -3.48. The van der Waals surface area contributed by atoms with E-state index in [0.717, 1.165) is 11.3 Å². The lowest BCUT2D eigenvalue weighted by Gasteiger charge is -2.08. The highest BCUT2D eigenvalue weighted by atomic mass is 19.1. The minimum atomic E-state index is -0.296. The van der Waals surface area contributed by atoms with Crippen LogP contribution in [0.4, 0.5) is 10.3 Å². The third kappa shape index (κ3) is 5.26. The van der Waals surface area contributed by atoms with Crippen LogP contribution in [0.1, 0.15) is 21.6 Å². The van der Waals surface area contributed by atoms with Crippen molar-refractivity contribution in [2.75, 3.05) is 19.0 Å². The fourth-order valence-corrected chi connectivity index (χ4v) is 2.60. The number of hydrogen-bond donors (Lipinski definition) is 2. The Kier molecular flexibility index (Phi) is 6.51. The van der Waals surface area contributed by atoms with E-state index in [4.69, 9.17) is 4.74 Å². The Morgan fingerprint density at radius 2 is 1.89 bits per heavy atom. The zero-order chi connectivity index (χ0) is 19.8. The van der Waals surface area contributed by atoms with E-state index in [9.17, 15) is 9.18 Å². The van der Waals surface area contributed by atoms with Gasteiger partial charge in [-0.2, -0.15) is 0 Å². The molecule has 2 N–H and O–H groups in total. The number of nitrogens with zero attached hydrogens (tertiary/aromatic N) is 2. The average molecular weight is 380 g/mol. The van der Waals surface area contributed by atoms with E-state index in [-0.39, 0.29) is 17.4 Å². The molecule has 28 heavy (non-hydrogen) atoms. The van der Waals surface area contributed by atoms with Crippen LogP contribution in [0.15, 0.2) is 60.8 Å². The summed E-state index contributed by atoms with van der Waals surface area (Å²) >= 11 is 0. The summed E-state index contributed by atoms with van der Waals surface area (Å²) in [6.07, 6.45) is 2.00. The monoisotopic (exact) mass is 380 g/mol. The predicted octanol–water partition coefficient (Wildman–Crippen LogP) is 3.21. The first-order chi connectivity index (χ1) is 13.7. The molecule has 1 amide bonds. The third-order valence-electron chi connectivity index (χ3n) is 4.14. The van der Waals surface area contributed by atoms with Crippen molar-refractivity contribution in [3.05, 3.63) is 83.4 Å². The standard InChI is InChI=1S/C21H21FN4O2/c1-28-17-8-6-15(7-9-17)14-25-20(27)19-11-13-24-21(26-19)23-12-10-16-4-2-3-5-18(16)22/h2-9,11,13H,10,12,14H2,1H3,(H,25,27)(H,23,24,26). The molecule has 0 spiro atoms. The lowest BCUT2D eigenvalue weighted by molar-refractivity contribution is 0.0946. The lowest BCUT2D eigenvalue weighted by Crippen LogP contribution is -2.24. The fraction of sp³-hybridized carbons (Fsp3) is 0.190. The van der Waals surface area contributed by atoms with Gasteiger partial charge in [-0.1, -0.05) is 30.3 Å². The highest BCUT2D eigenvalue weighted by molar-refractivity contribution is 5.92. The number of aromatic nitrogens is 2. The van der Waals surface area contributed by atoms with Gasteiger partial charge in [-0.05, 0) is 41.8 Å². The smallest absolute Gasteiger partial charge is 0.270 e. The van der Waals surface area contributed by atoms with E-state index in [2.05, 4.69) is 20.6 Å². The van der Waals surface area contributed by atoms with Gasteiger partial charge in [0.15, 0.2) is 0 Å². The van der Waals surface area contributed by atoms with Crippen LogP contribution >= 0.6 is 0 Å².